The molecule has 1 aromatic rings. The van der Waals surface area contributed by atoms with Crippen LogP contribution in [0, 0.1) is 22.0 Å². The van der Waals surface area contributed by atoms with Gasteiger partial charge < -0.3 is 21.3 Å². The van der Waals surface area contributed by atoms with E-state index < -0.39 is 0 Å². The van der Waals surface area contributed by atoms with Crippen molar-refractivity contribution in [2.24, 2.45) is 11.8 Å². The van der Waals surface area contributed by atoms with Crippen molar-refractivity contribution in [1.82, 2.24) is 21.3 Å². The predicted molar refractivity (Wildman–Crippen MR) is 118 cm³/mol. The maximum Gasteiger partial charge on any atom is 0.269 e. The molecule has 0 bridgehead atoms. The summed E-state index contributed by atoms with van der Waals surface area (Å²) in [4.78, 5) is 10.5. The molecule has 162 valence electrons. The molecule has 0 aromatic heterocycles. The van der Waals surface area contributed by atoms with E-state index in [1.165, 1.54) is 25.7 Å². The number of hydrogen-bond acceptors (Lipinski definition) is 6. The van der Waals surface area contributed by atoms with Crippen LogP contribution in [0.5, 0.6) is 0 Å². The number of non-ortho nitro benzene ring substituents is 1. The molecule has 0 radical (unpaired) electrons. The molecule has 4 rings (SSSR count). The molecule has 29 heavy (non-hydrogen) atoms. The highest BCUT2D eigenvalue weighted by Crippen LogP contribution is 2.45. The number of nitro groups is 1. The van der Waals surface area contributed by atoms with E-state index in [9.17, 15) is 10.1 Å². The normalized spacial score (nSPS) is 32.9. The van der Waals surface area contributed by atoms with Gasteiger partial charge in [-0.1, -0.05) is 25.0 Å². The summed E-state index contributed by atoms with van der Waals surface area (Å²) >= 11 is 0. The van der Waals surface area contributed by atoms with Crippen LogP contribution in [0.15, 0.2) is 24.3 Å². The third kappa shape index (κ3) is 5.47. The summed E-state index contributed by atoms with van der Waals surface area (Å²) < 4.78 is 0. The molecule has 1 aliphatic heterocycles. The van der Waals surface area contributed by atoms with Crippen LogP contribution < -0.4 is 21.3 Å². The van der Waals surface area contributed by atoms with Gasteiger partial charge in [0.1, 0.15) is 0 Å². The maximum atomic E-state index is 10.9. The largest absolute Gasteiger partial charge is 0.314 e. The van der Waals surface area contributed by atoms with Gasteiger partial charge in [0.15, 0.2) is 0 Å². The summed E-state index contributed by atoms with van der Waals surface area (Å²) in [6.45, 7) is 4.87. The molecule has 2 aliphatic carbocycles. The van der Waals surface area contributed by atoms with Crippen molar-refractivity contribution in [3.63, 3.8) is 0 Å². The van der Waals surface area contributed by atoms with Crippen LogP contribution in [-0.4, -0.2) is 55.8 Å². The molecule has 5 unspecified atom stereocenters. The van der Waals surface area contributed by atoms with E-state index >= 15 is 0 Å². The van der Waals surface area contributed by atoms with E-state index in [1.54, 1.807) is 12.1 Å². The second kappa shape index (κ2) is 10.7. The minimum Gasteiger partial charge on any atom is -0.314 e. The van der Waals surface area contributed by atoms with Gasteiger partial charge in [0.05, 0.1) is 4.92 Å². The van der Waals surface area contributed by atoms with Gasteiger partial charge >= 0.3 is 0 Å². The van der Waals surface area contributed by atoms with Crippen LogP contribution in [0.1, 0.15) is 31.2 Å². The van der Waals surface area contributed by atoms with E-state index in [0.717, 1.165) is 56.5 Å². The molecule has 5 atom stereocenters. The van der Waals surface area contributed by atoms with E-state index in [4.69, 9.17) is 0 Å². The SMILES string of the molecule is Cl.O=[N+]([O-])c1ccc(CC2CNC3C4CCCCC4C3NCCNCCN2)cc1. The lowest BCUT2D eigenvalue weighted by atomic mass is 9.58. The average Bonchev–Trinajstić information content (AvgIpc) is 2.69. The average molecular weight is 424 g/mol. The molecule has 3 aliphatic rings. The van der Waals surface area contributed by atoms with Gasteiger partial charge in [-0.2, -0.15) is 0 Å². The third-order valence-corrected chi connectivity index (χ3v) is 6.83. The van der Waals surface area contributed by atoms with Crippen LogP contribution in [0.2, 0.25) is 0 Å². The summed E-state index contributed by atoms with van der Waals surface area (Å²) in [5.41, 5.74) is 1.30. The molecule has 8 heteroatoms. The molecule has 1 saturated heterocycles. The fraction of sp³-hybridized carbons (Fsp3) is 0.714. The van der Waals surface area contributed by atoms with Crippen LogP contribution in [-0.2, 0) is 6.42 Å². The Morgan fingerprint density at radius 1 is 0.897 bits per heavy atom. The van der Waals surface area contributed by atoms with Crippen molar-refractivity contribution in [3.8, 4) is 0 Å². The van der Waals surface area contributed by atoms with E-state index in [2.05, 4.69) is 21.3 Å². The molecule has 2 saturated carbocycles. The zero-order valence-corrected chi connectivity index (χ0v) is 17.8. The number of nitro benzene ring substituents is 1. The number of halogens is 1. The molecule has 4 N–H and O–H groups in total. The first-order valence-corrected chi connectivity index (χ1v) is 10.9. The minimum absolute atomic E-state index is 0. The lowest BCUT2D eigenvalue weighted by Gasteiger charge is -2.56. The lowest BCUT2D eigenvalue weighted by molar-refractivity contribution is -0.384. The van der Waals surface area contributed by atoms with Crippen LogP contribution in [0.3, 0.4) is 0 Å². The Morgan fingerprint density at radius 2 is 1.52 bits per heavy atom. The van der Waals surface area contributed by atoms with Gasteiger partial charge in [0.25, 0.3) is 5.69 Å². The van der Waals surface area contributed by atoms with Crippen molar-refractivity contribution in [1.29, 1.82) is 0 Å². The van der Waals surface area contributed by atoms with Gasteiger partial charge in [-0.3, -0.25) is 10.1 Å². The second-order valence-electron chi connectivity index (χ2n) is 8.55. The Balaban J connectivity index is 0.00000240. The van der Waals surface area contributed by atoms with Gasteiger partial charge in [-0.15, -0.1) is 12.4 Å². The molecule has 3 fully saturated rings. The van der Waals surface area contributed by atoms with Gasteiger partial charge in [0, 0.05) is 63.0 Å². The minimum atomic E-state index is -0.338. The van der Waals surface area contributed by atoms with Crippen molar-refractivity contribution in [3.05, 3.63) is 39.9 Å². The number of benzene rings is 1. The highest BCUT2D eigenvalue weighted by atomic mass is 35.5. The van der Waals surface area contributed by atoms with E-state index in [0.29, 0.717) is 18.1 Å². The highest BCUT2D eigenvalue weighted by Gasteiger charge is 2.50. The molecule has 1 heterocycles. The summed E-state index contributed by atoms with van der Waals surface area (Å²) in [5.74, 6) is 1.66. The Bertz CT molecular complexity index is 659. The Labute approximate surface area is 179 Å². The van der Waals surface area contributed by atoms with Crippen LogP contribution >= 0.6 is 12.4 Å². The first kappa shape index (κ1) is 22.4. The van der Waals surface area contributed by atoms with Crippen molar-refractivity contribution in [2.75, 3.05) is 32.7 Å². The van der Waals surface area contributed by atoms with Crippen LogP contribution in [0.25, 0.3) is 0 Å². The summed E-state index contributed by atoms with van der Waals surface area (Å²) in [6.07, 6.45) is 6.37. The summed E-state index contributed by atoms with van der Waals surface area (Å²) in [7, 11) is 0. The Hall–Kier alpha value is -1.25. The van der Waals surface area contributed by atoms with Crippen molar-refractivity contribution in [2.45, 2.75) is 50.2 Å². The number of hydrogen-bond donors (Lipinski definition) is 4. The fourth-order valence-corrected chi connectivity index (χ4v) is 5.37. The molecular weight excluding hydrogens is 390 g/mol. The summed E-state index contributed by atoms with van der Waals surface area (Å²) in [6, 6.07) is 8.50. The predicted octanol–water partition coefficient (Wildman–Crippen LogP) is 1.86. The lowest BCUT2D eigenvalue weighted by Crippen LogP contribution is -2.69. The van der Waals surface area contributed by atoms with E-state index in [1.807, 2.05) is 12.1 Å². The number of nitrogens with zero attached hydrogens (tertiary/aromatic N) is 1. The van der Waals surface area contributed by atoms with Gasteiger partial charge in [-0.05, 0) is 36.7 Å². The second-order valence-corrected chi connectivity index (χ2v) is 8.55. The first-order valence-electron chi connectivity index (χ1n) is 10.9. The van der Waals surface area contributed by atoms with Gasteiger partial charge in [0.2, 0.25) is 0 Å². The van der Waals surface area contributed by atoms with Gasteiger partial charge in [-0.25, -0.2) is 0 Å². The molecule has 0 spiro atoms. The van der Waals surface area contributed by atoms with E-state index in [-0.39, 0.29) is 23.0 Å². The Morgan fingerprint density at radius 3 is 2.17 bits per heavy atom. The Kier molecular flexibility index (Phi) is 8.26. The highest BCUT2D eigenvalue weighted by molar-refractivity contribution is 5.85. The quantitative estimate of drug-likeness (QED) is 0.438. The first-order chi connectivity index (χ1) is 13.7. The third-order valence-electron chi connectivity index (χ3n) is 6.83. The number of rotatable bonds is 3. The maximum absolute atomic E-state index is 10.9. The molecular formula is C21H34ClN5O2. The molecule has 0 amide bonds. The van der Waals surface area contributed by atoms with Crippen LogP contribution in [0.4, 0.5) is 5.69 Å². The zero-order valence-electron chi connectivity index (χ0n) is 16.9. The topological polar surface area (TPSA) is 91.3 Å². The fourth-order valence-electron chi connectivity index (χ4n) is 5.37. The number of fused-ring (bicyclic) bond motifs is 4. The monoisotopic (exact) mass is 423 g/mol. The van der Waals surface area contributed by atoms with Crippen molar-refractivity contribution >= 4 is 18.1 Å². The van der Waals surface area contributed by atoms with Crippen molar-refractivity contribution < 1.29 is 4.92 Å². The standard InChI is InChI=1S/C21H33N5O2.ClH/c27-26(28)17-7-5-15(6-8-17)13-16-14-25-21-19-4-2-1-3-18(19)20(21)24-12-10-22-9-11-23-16;/h5-8,16,18-25H,1-4,9-14H2;1H. The summed E-state index contributed by atoms with van der Waals surface area (Å²) in [5, 5.41) is 25.8. The zero-order chi connectivity index (χ0) is 19.3. The number of nitrogens with one attached hydrogen (secondary N) is 4. The molecule has 1 aromatic carbocycles. The smallest absolute Gasteiger partial charge is 0.269 e. The molecule has 7 nitrogen and oxygen atoms in total.